The molecule has 1 aliphatic rings. The number of nitrogens with zero attached hydrogens (tertiary/aromatic N) is 5. The topological polar surface area (TPSA) is 228 Å². The molecule has 6 rings (SSSR count). The van der Waals surface area contributed by atoms with Crippen molar-refractivity contribution >= 4 is 74.4 Å². The summed E-state index contributed by atoms with van der Waals surface area (Å²) >= 11 is 9.26. The van der Waals surface area contributed by atoms with Crippen LogP contribution in [0.5, 0.6) is 0 Å². The first-order chi connectivity index (χ1) is 34.4. The first-order valence-corrected chi connectivity index (χ1v) is 25.4. The minimum atomic E-state index is -0.588. The number of anilines is 2. The Morgan fingerprint density at radius 1 is 0.648 bits per heavy atom. The average Bonchev–Trinajstić information content (AvgIpc) is 3.96. The number of benzene rings is 2. The monoisotopic (exact) mass is 1040 g/mol. The van der Waals surface area contributed by atoms with Gasteiger partial charge in [0, 0.05) is 45.4 Å². The minimum absolute atomic E-state index is 0.0496. The molecule has 2 aromatic carbocycles. The van der Waals surface area contributed by atoms with E-state index < -0.39 is 6.04 Å². The molecule has 4 amide bonds. The maximum Gasteiger partial charge on any atom is 0.259 e. The van der Waals surface area contributed by atoms with E-state index >= 15 is 0 Å². The Morgan fingerprint density at radius 3 is 1.80 bits per heavy atom. The van der Waals surface area contributed by atoms with Crippen LogP contribution in [0.4, 0.5) is 10.8 Å². The number of thiazole rings is 1. The number of aryl methyl sites for hydroxylation is 4. The fourth-order valence-electron chi connectivity index (χ4n) is 7.10. The lowest BCUT2D eigenvalue weighted by Crippen LogP contribution is -2.35. The Morgan fingerprint density at radius 2 is 1.21 bits per heavy atom. The maximum atomic E-state index is 13.2. The highest BCUT2D eigenvalue weighted by molar-refractivity contribution is 7.16. The zero-order chi connectivity index (χ0) is 50.5. The standard InChI is InChI=1S/C49H62ClN9O10S2/c1-31-33(3)70-48-44(31)45(36-10-12-37(50)13-11-36)55-40(46-58-57-35(5)59(46)48)30-43(62)52-17-16-51-41(60)14-18-64-20-22-66-24-26-68-28-29-69-27-25-67-23-21-65-19-15-42(61)54-39-9-7-6-8-38(39)47(63)56-49-53-32(2)34(4)71-49/h6-13,40H,14-30H2,1-5H3,(H,51,60)(H,52,62)(H,54,61)(H,53,56,63). The highest BCUT2D eigenvalue weighted by Gasteiger charge is 2.32. The third-order valence-corrected chi connectivity index (χ3v) is 13.4. The lowest BCUT2D eigenvalue weighted by Gasteiger charge is -2.13. The van der Waals surface area contributed by atoms with Crippen LogP contribution in [0.25, 0.3) is 5.00 Å². The highest BCUT2D eigenvalue weighted by atomic mass is 35.5. The number of aliphatic imine (C=N–C) groups is 1. The SMILES string of the molecule is Cc1nc(NC(=O)c2ccccc2NC(=O)CCOCCOCCOCCOCCOCCOCCC(=O)NCCNC(=O)CC2N=C(c3ccc(Cl)cc3)c3c(sc(C)c3C)-n3c(C)nnc32)sc1C. The van der Waals surface area contributed by atoms with E-state index in [1.54, 1.807) is 35.6 Å². The van der Waals surface area contributed by atoms with Crippen LogP contribution < -0.4 is 21.3 Å². The smallest absolute Gasteiger partial charge is 0.259 e. The molecule has 0 aliphatic carbocycles. The first kappa shape index (κ1) is 54.8. The molecule has 3 aromatic heterocycles. The molecule has 0 fully saturated rings. The van der Waals surface area contributed by atoms with Crippen LogP contribution in [0.2, 0.25) is 5.02 Å². The summed E-state index contributed by atoms with van der Waals surface area (Å²) in [5, 5.41) is 22.2. The van der Waals surface area contributed by atoms with Crippen molar-refractivity contribution in [2.45, 2.75) is 59.9 Å². The lowest BCUT2D eigenvalue weighted by molar-refractivity contribution is -0.123. The molecule has 19 nitrogen and oxygen atoms in total. The molecular weight excluding hydrogens is 974 g/mol. The maximum absolute atomic E-state index is 13.2. The number of hydrogen-bond donors (Lipinski definition) is 4. The van der Waals surface area contributed by atoms with Gasteiger partial charge in [0.2, 0.25) is 17.7 Å². The van der Waals surface area contributed by atoms with E-state index in [2.05, 4.69) is 50.3 Å². The number of halogens is 1. The third kappa shape index (κ3) is 16.8. The van der Waals surface area contributed by atoms with Gasteiger partial charge in [-0.1, -0.05) is 35.9 Å². The zero-order valence-electron chi connectivity index (χ0n) is 40.7. The second-order valence-electron chi connectivity index (χ2n) is 16.2. The fourth-order valence-corrected chi connectivity index (χ4v) is 9.25. The Kier molecular flexibility index (Phi) is 22.0. The zero-order valence-corrected chi connectivity index (χ0v) is 43.1. The molecule has 71 heavy (non-hydrogen) atoms. The summed E-state index contributed by atoms with van der Waals surface area (Å²) in [5.74, 6) is 0.279. The van der Waals surface area contributed by atoms with Gasteiger partial charge in [-0.05, 0) is 64.4 Å². The van der Waals surface area contributed by atoms with Crippen LogP contribution in [0.1, 0.15) is 79.4 Å². The Balaban J connectivity index is 0.717. The van der Waals surface area contributed by atoms with Gasteiger partial charge in [0.15, 0.2) is 11.0 Å². The number of aromatic nitrogens is 4. The quantitative estimate of drug-likeness (QED) is 0.0373. The Labute approximate surface area is 426 Å². The van der Waals surface area contributed by atoms with E-state index in [0.29, 0.717) is 99.1 Å². The minimum Gasteiger partial charge on any atom is -0.379 e. The molecule has 0 radical (unpaired) electrons. The molecule has 4 N–H and O–H groups in total. The van der Waals surface area contributed by atoms with Crippen LogP contribution in [0.15, 0.2) is 53.5 Å². The van der Waals surface area contributed by atoms with Crippen molar-refractivity contribution in [2.24, 2.45) is 4.99 Å². The van der Waals surface area contributed by atoms with Crippen LogP contribution >= 0.6 is 34.3 Å². The molecule has 0 saturated heterocycles. The van der Waals surface area contributed by atoms with E-state index in [0.717, 1.165) is 42.9 Å². The number of rotatable bonds is 30. The normalized spacial score (nSPS) is 13.0. The molecule has 0 bridgehead atoms. The predicted molar refractivity (Wildman–Crippen MR) is 273 cm³/mol. The van der Waals surface area contributed by atoms with Gasteiger partial charge < -0.3 is 44.4 Å². The molecule has 1 unspecified atom stereocenters. The Hall–Kier alpha value is -5.49. The number of ether oxygens (including phenoxy) is 6. The average molecular weight is 1040 g/mol. The van der Waals surface area contributed by atoms with Gasteiger partial charge in [0.1, 0.15) is 16.9 Å². The van der Waals surface area contributed by atoms with E-state index in [1.165, 1.54) is 11.3 Å². The molecule has 382 valence electrons. The summed E-state index contributed by atoms with van der Waals surface area (Å²) in [7, 11) is 0. The van der Waals surface area contributed by atoms with Crippen molar-refractivity contribution in [2.75, 3.05) is 103 Å². The second kappa shape index (κ2) is 28.5. The molecule has 0 spiro atoms. The summed E-state index contributed by atoms with van der Waals surface area (Å²) in [4.78, 5) is 62.6. The number of hydrogen-bond acceptors (Lipinski definition) is 16. The lowest BCUT2D eigenvalue weighted by atomic mass is 9.99. The van der Waals surface area contributed by atoms with Gasteiger partial charge in [-0.15, -0.1) is 32.9 Å². The van der Waals surface area contributed by atoms with Gasteiger partial charge in [-0.25, -0.2) is 4.98 Å². The van der Waals surface area contributed by atoms with Gasteiger partial charge in [0.05, 0.1) is 115 Å². The van der Waals surface area contributed by atoms with Gasteiger partial charge in [-0.3, -0.25) is 34.1 Å². The van der Waals surface area contributed by atoms with Gasteiger partial charge in [0.25, 0.3) is 5.91 Å². The first-order valence-electron chi connectivity index (χ1n) is 23.4. The molecular formula is C49H62ClN9O10S2. The van der Waals surface area contributed by atoms with Crippen molar-refractivity contribution in [3.8, 4) is 5.00 Å². The number of carbonyl (C=O) groups is 4. The number of thiophene rings is 1. The molecule has 5 aromatic rings. The van der Waals surface area contributed by atoms with Crippen LogP contribution in [-0.4, -0.2) is 141 Å². The van der Waals surface area contributed by atoms with Crippen molar-refractivity contribution in [1.29, 1.82) is 0 Å². The number of para-hydroxylation sites is 1. The summed E-state index contributed by atoms with van der Waals surface area (Å²) in [6, 6.07) is 13.8. The van der Waals surface area contributed by atoms with E-state index in [-0.39, 0.29) is 69.2 Å². The highest BCUT2D eigenvalue weighted by Crippen LogP contribution is 2.39. The van der Waals surface area contributed by atoms with E-state index in [4.69, 9.17) is 45.0 Å². The molecule has 1 atom stereocenters. The van der Waals surface area contributed by atoms with Gasteiger partial charge >= 0.3 is 0 Å². The van der Waals surface area contributed by atoms with E-state index in [1.807, 2.05) is 49.6 Å². The van der Waals surface area contributed by atoms with Crippen molar-refractivity contribution < 1.29 is 47.6 Å². The van der Waals surface area contributed by atoms with Gasteiger partial charge in [-0.2, -0.15) is 0 Å². The van der Waals surface area contributed by atoms with Crippen molar-refractivity contribution in [1.82, 2.24) is 30.4 Å². The molecule has 22 heteroatoms. The van der Waals surface area contributed by atoms with Crippen molar-refractivity contribution in [3.63, 3.8) is 0 Å². The van der Waals surface area contributed by atoms with E-state index in [9.17, 15) is 19.2 Å². The summed E-state index contributed by atoms with van der Waals surface area (Å²) < 4.78 is 35.2. The molecule has 0 saturated carbocycles. The number of amides is 4. The second-order valence-corrected chi connectivity index (χ2v) is 19.0. The number of nitrogens with one attached hydrogen (secondary N) is 4. The number of fused-ring (bicyclic) bond motifs is 3. The Bertz CT molecular complexity index is 2560. The summed E-state index contributed by atoms with van der Waals surface area (Å²) in [5.41, 5.74) is 5.39. The number of carbonyl (C=O) groups excluding carboxylic acids is 4. The predicted octanol–water partition coefficient (Wildman–Crippen LogP) is 6.27. The fraction of sp³-hybridized carbons (Fsp3) is 0.469. The van der Waals surface area contributed by atoms with Crippen LogP contribution in [0.3, 0.4) is 0 Å². The third-order valence-electron chi connectivity index (χ3n) is 11.0. The summed E-state index contributed by atoms with van der Waals surface area (Å²) in [6.07, 6.45) is 0.344. The molecule has 4 heterocycles. The molecule has 1 aliphatic heterocycles. The largest absolute Gasteiger partial charge is 0.379 e. The van der Waals surface area contributed by atoms with Crippen LogP contribution in [-0.2, 0) is 42.8 Å². The van der Waals surface area contributed by atoms with Crippen LogP contribution in [0, 0.1) is 34.6 Å². The van der Waals surface area contributed by atoms with Crippen molar-refractivity contribution in [3.05, 3.63) is 103 Å². The summed E-state index contributed by atoms with van der Waals surface area (Å²) in [6.45, 7) is 14.6.